The van der Waals surface area contributed by atoms with Crippen molar-refractivity contribution < 1.29 is 14.4 Å². The molecule has 35 heavy (non-hydrogen) atoms. The molecule has 3 heterocycles. The first-order valence-corrected chi connectivity index (χ1v) is 12.1. The maximum Gasteiger partial charge on any atom is 0.322 e. The molecule has 8 nitrogen and oxygen atoms in total. The monoisotopic (exact) mass is 493 g/mol. The van der Waals surface area contributed by atoms with Crippen LogP contribution < -0.4 is 5.32 Å². The molecule has 0 unspecified atom stereocenters. The average molecular weight is 494 g/mol. The highest BCUT2D eigenvalue weighted by Gasteiger charge is 2.44. The Morgan fingerprint density at radius 2 is 1.69 bits per heavy atom. The molecule has 5 rings (SSSR count). The average Bonchev–Trinajstić information content (AvgIpc) is 3.19. The van der Waals surface area contributed by atoms with Crippen molar-refractivity contribution in [1.82, 2.24) is 24.9 Å². The third kappa shape index (κ3) is 4.63. The van der Waals surface area contributed by atoms with E-state index >= 15 is 0 Å². The van der Waals surface area contributed by atoms with Crippen molar-refractivity contribution in [3.63, 3.8) is 0 Å². The Morgan fingerprint density at radius 3 is 2.40 bits per heavy atom. The van der Waals surface area contributed by atoms with Crippen molar-refractivity contribution in [3.05, 3.63) is 82.0 Å². The van der Waals surface area contributed by atoms with Crippen LogP contribution in [0.2, 0.25) is 5.02 Å². The van der Waals surface area contributed by atoms with Gasteiger partial charge in [0.05, 0.1) is 23.9 Å². The van der Waals surface area contributed by atoms with Crippen molar-refractivity contribution in [3.8, 4) is 0 Å². The van der Waals surface area contributed by atoms with Gasteiger partial charge < -0.3 is 15.1 Å². The van der Waals surface area contributed by atoms with E-state index in [4.69, 9.17) is 11.6 Å². The van der Waals surface area contributed by atoms with Crippen LogP contribution in [0.5, 0.6) is 0 Å². The van der Waals surface area contributed by atoms with Crippen molar-refractivity contribution >= 4 is 29.4 Å². The molecule has 0 spiro atoms. The first-order chi connectivity index (χ1) is 16.9. The second-order valence-electron chi connectivity index (χ2n) is 9.13. The molecule has 1 N–H and O–H groups in total. The summed E-state index contributed by atoms with van der Waals surface area (Å²) in [6, 6.07) is 16.5. The van der Waals surface area contributed by atoms with E-state index in [-0.39, 0.29) is 30.9 Å². The smallest absolute Gasteiger partial charge is 0.322 e. The minimum atomic E-state index is -0.642. The molecule has 1 fully saturated rings. The second kappa shape index (κ2) is 9.71. The van der Waals surface area contributed by atoms with Crippen LogP contribution >= 0.6 is 11.6 Å². The number of hydrogen-bond donors (Lipinski definition) is 1. The minimum Gasteiger partial charge on any atom is -0.339 e. The topological polar surface area (TPSA) is 76.2 Å². The summed E-state index contributed by atoms with van der Waals surface area (Å²) in [5.74, 6) is -0.318. The number of rotatable bonds is 5. The maximum atomic E-state index is 13.4. The van der Waals surface area contributed by atoms with Crippen LogP contribution in [0, 0.1) is 0 Å². The van der Waals surface area contributed by atoms with E-state index in [1.54, 1.807) is 25.2 Å². The van der Waals surface area contributed by atoms with E-state index in [9.17, 15) is 14.4 Å². The number of urea groups is 1. The molecule has 0 radical (unpaired) electrons. The quantitative estimate of drug-likeness (QED) is 0.694. The highest BCUT2D eigenvalue weighted by molar-refractivity contribution is 6.31. The molecule has 3 aliphatic heterocycles. The summed E-state index contributed by atoms with van der Waals surface area (Å²) < 4.78 is 0. The zero-order chi connectivity index (χ0) is 24.5. The molecule has 182 valence electrons. The van der Waals surface area contributed by atoms with Crippen LogP contribution in [0.1, 0.15) is 17.2 Å². The summed E-state index contributed by atoms with van der Waals surface area (Å²) in [5, 5.41) is 3.36. The molecule has 2 aromatic rings. The number of hydrogen-bond acceptors (Lipinski definition) is 4. The number of carbonyl (C=O) groups excluding carboxylic acids is 3. The normalized spacial score (nSPS) is 20.9. The van der Waals surface area contributed by atoms with Crippen molar-refractivity contribution in [2.24, 2.45) is 0 Å². The summed E-state index contributed by atoms with van der Waals surface area (Å²) >= 11 is 6.39. The fourth-order valence-corrected chi connectivity index (χ4v) is 5.20. The van der Waals surface area contributed by atoms with Gasteiger partial charge in [0.25, 0.3) is 5.91 Å². The van der Waals surface area contributed by atoms with Crippen molar-refractivity contribution in [2.75, 3.05) is 46.3 Å². The first-order valence-electron chi connectivity index (χ1n) is 11.8. The van der Waals surface area contributed by atoms with E-state index < -0.39 is 6.04 Å². The van der Waals surface area contributed by atoms with Gasteiger partial charge in [0.2, 0.25) is 5.91 Å². The molecule has 9 heteroatoms. The molecule has 1 saturated heterocycles. The Labute approximate surface area is 209 Å². The lowest BCUT2D eigenvalue weighted by atomic mass is 9.96. The standard InChI is InChI=1S/C26H28ClN5O3/c1-29-21-16-32(25(34)23(21)24(28-26(29)35)19-9-5-6-10-20(19)27)17-22(33)31-13-11-30(12-14-31)15-18-7-3-2-4-8-18/h2-10,24H,11-17H2,1H3,(H,28,35)/t24-/m0/s1. The number of benzene rings is 2. The molecule has 0 bridgehead atoms. The van der Waals surface area contributed by atoms with E-state index in [1.807, 2.05) is 29.2 Å². The largest absolute Gasteiger partial charge is 0.339 e. The highest BCUT2D eigenvalue weighted by Crippen LogP contribution is 2.37. The molecule has 1 atom stereocenters. The van der Waals surface area contributed by atoms with Gasteiger partial charge >= 0.3 is 6.03 Å². The van der Waals surface area contributed by atoms with Crippen LogP contribution in [-0.4, -0.2) is 83.8 Å². The Kier molecular flexibility index (Phi) is 6.49. The number of piperazine rings is 1. The highest BCUT2D eigenvalue weighted by atomic mass is 35.5. The number of nitrogens with one attached hydrogen (secondary N) is 1. The predicted molar refractivity (Wildman–Crippen MR) is 132 cm³/mol. The molecule has 4 amide bonds. The van der Waals surface area contributed by atoms with Gasteiger partial charge in [-0.3, -0.25) is 19.4 Å². The van der Waals surface area contributed by atoms with E-state index in [0.29, 0.717) is 34.9 Å². The van der Waals surface area contributed by atoms with Gasteiger partial charge in [-0.25, -0.2) is 4.79 Å². The second-order valence-corrected chi connectivity index (χ2v) is 9.53. The van der Waals surface area contributed by atoms with Gasteiger partial charge in [-0.05, 0) is 17.2 Å². The first kappa shape index (κ1) is 23.4. The van der Waals surface area contributed by atoms with E-state index in [1.165, 1.54) is 15.4 Å². The third-order valence-electron chi connectivity index (χ3n) is 6.95. The number of likely N-dealkylation sites (N-methyl/N-ethyl adjacent to an activating group) is 1. The molecular weight excluding hydrogens is 466 g/mol. The summed E-state index contributed by atoms with van der Waals surface area (Å²) in [5.41, 5.74) is 3.01. The Balaban J connectivity index is 1.24. The summed E-state index contributed by atoms with van der Waals surface area (Å²) in [4.78, 5) is 46.3. The SMILES string of the molecule is CN1C(=O)N[C@@H](c2ccccc2Cl)C2=C1CN(CC(=O)N1CCN(Cc3ccccc3)CC1)C2=O. The van der Waals surface area contributed by atoms with Crippen LogP contribution in [-0.2, 0) is 16.1 Å². The Morgan fingerprint density at radius 1 is 1.00 bits per heavy atom. The number of halogens is 1. The van der Waals surface area contributed by atoms with E-state index in [0.717, 1.165) is 19.6 Å². The fraction of sp³-hybridized carbons (Fsp3) is 0.346. The number of nitrogens with zero attached hydrogens (tertiary/aromatic N) is 4. The Bertz CT molecular complexity index is 1180. The minimum absolute atomic E-state index is 0.0121. The number of carbonyl (C=O) groups is 3. The third-order valence-corrected chi connectivity index (χ3v) is 7.30. The predicted octanol–water partition coefficient (Wildman–Crippen LogP) is 2.48. The van der Waals surface area contributed by atoms with Crippen LogP contribution in [0.15, 0.2) is 65.9 Å². The zero-order valence-corrected chi connectivity index (χ0v) is 20.4. The Hall–Kier alpha value is -3.36. The lowest BCUT2D eigenvalue weighted by Gasteiger charge is -2.35. The summed E-state index contributed by atoms with van der Waals surface area (Å²) in [7, 11) is 1.64. The van der Waals surface area contributed by atoms with Crippen LogP contribution in [0.25, 0.3) is 0 Å². The lowest BCUT2D eigenvalue weighted by Crippen LogP contribution is -2.51. The van der Waals surface area contributed by atoms with Crippen LogP contribution in [0.4, 0.5) is 4.79 Å². The summed E-state index contributed by atoms with van der Waals surface area (Å²) in [6.07, 6.45) is 0. The zero-order valence-electron chi connectivity index (χ0n) is 19.6. The fourth-order valence-electron chi connectivity index (χ4n) is 4.95. The van der Waals surface area contributed by atoms with Gasteiger partial charge in [-0.1, -0.05) is 60.1 Å². The van der Waals surface area contributed by atoms with Crippen LogP contribution in [0.3, 0.4) is 0 Å². The molecule has 0 aromatic heterocycles. The lowest BCUT2D eigenvalue weighted by molar-refractivity contribution is -0.139. The van der Waals surface area contributed by atoms with Gasteiger partial charge in [-0.15, -0.1) is 0 Å². The van der Waals surface area contributed by atoms with Gasteiger partial charge in [0.15, 0.2) is 0 Å². The van der Waals surface area contributed by atoms with Gasteiger partial charge in [0.1, 0.15) is 6.54 Å². The molecular formula is C26H28ClN5O3. The van der Waals surface area contributed by atoms with Gasteiger partial charge in [-0.2, -0.15) is 0 Å². The molecule has 0 saturated carbocycles. The van der Waals surface area contributed by atoms with E-state index in [2.05, 4.69) is 22.3 Å². The molecule has 2 aromatic carbocycles. The number of amides is 4. The molecule has 3 aliphatic rings. The summed E-state index contributed by atoms with van der Waals surface area (Å²) in [6.45, 7) is 3.91. The van der Waals surface area contributed by atoms with Crippen molar-refractivity contribution in [1.29, 1.82) is 0 Å². The van der Waals surface area contributed by atoms with Gasteiger partial charge in [0, 0.05) is 44.8 Å². The molecule has 0 aliphatic carbocycles. The van der Waals surface area contributed by atoms with Crippen molar-refractivity contribution in [2.45, 2.75) is 12.6 Å². The maximum absolute atomic E-state index is 13.4.